The van der Waals surface area contributed by atoms with Crippen LogP contribution in [-0.2, 0) is 19.7 Å². The number of esters is 1. The van der Waals surface area contributed by atoms with E-state index in [9.17, 15) is 17.6 Å². The summed E-state index contributed by atoms with van der Waals surface area (Å²) in [4.78, 5) is 24.2. The summed E-state index contributed by atoms with van der Waals surface area (Å²) in [5, 5.41) is 10.8. The molecule has 0 amide bonds. The highest BCUT2D eigenvalue weighted by Crippen LogP contribution is 2.41. The Balaban J connectivity index is 1.58. The highest BCUT2D eigenvalue weighted by atomic mass is 32.2. The summed E-state index contributed by atoms with van der Waals surface area (Å²) in [5.74, 6) is -0.679. The largest absolute Gasteiger partial charge is 0.463 e. The molecule has 0 aliphatic carbocycles. The van der Waals surface area contributed by atoms with Crippen LogP contribution < -0.4 is 10.5 Å². The molecular formula is C24H28F2N6O4S2. The van der Waals surface area contributed by atoms with Crippen molar-refractivity contribution >= 4 is 33.4 Å². The van der Waals surface area contributed by atoms with E-state index in [0.29, 0.717) is 34.2 Å². The molecule has 3 aliphatic rings. The molecule has 38 heavy (non-hydrogen) atoms. The van der Waals surface area contributed by atoms with Gasteiger partial charge in [-0.1, -0.05) is 12.1 Å². The molecule has 0 bridgehead atoms. The lowest BCUT2D eigenvalue weighted by Crippen LogP contribution is -2.45. The van der Waals surface area contributed by atoms with Gasteiger partial charge in [0.2, 0.25) is 0 Å². The number of aromatic nitrogens is 1. The summed E-state index contributed by atoms with van der Waals surface area (Å²) in [6.07, 6.45) is 1.74. The second-order valence-corrected chi connectivity index (χ2v) is 12.0. The van der Waals surface area contributed by atoms with Crippen molar-refractivity contribution in [2.45, 2.75) is 38.0 Å². The summed E-state index contributed by atoms with van der Waals surface area (Å²) in [6.45, 7) is 3.41. The molecule has 0 spiro atoms. The van der Waals surface area contributed by atoms with Gasteiger partial charge in [0, 0.05) is 36.9 Å². The lowest BCUT2D eigenvalue weighted by Gasteiger charge is -2.32. The monoisotopic (exact) mass is 566 g/mol. The van der Waals surface area contributed by atoms with E-state index >= 15 is 4.39 Å². The van der Waals surface area contributed by atoms with E-state index in [1.54, 1.807) is 42.5 Å². The van der Waals surface area contributed by atoms with Gasteiger partial charge in [-0.05, 0) is 37.5 Å². The van der Waals surface area contributed by atoms with Crippen molar-refractivity contribution < 1.29 is 26.7 Å². The first-order chi connectivity index (χ1) is 18.0. The first-order valence-corrected chi connectivity index (χ1v) is 14.5. The number of ether oxygens (including phenoxy) is 1. The molecule has 2 saturated heterocycles. The lowest BCUT2D eigenvalue weighted by molar-refractivity contribution is -0.139. The van der Waals surface area contributed by atoms with E-state index in [4.69, 9.17) is 14.9 Å². The smallest absolute Gasteiger partial charge is 0.338 e. The number of likely N-dealkylation sites (tertiary alicyclic amines) is 1. The van der Waals surface area contributed by atoms with Gasteiger partial charge in [-0.15, -0.1) is 11.3 Å². The maximum absolute atomic E-state index is 15.8. The minimum absolute atomic E-state index is 0.0815. The van der Waals surface area contributed by atoms with E-state index in [1.807, 2.05) is 0 Å². The van der Waals surface area contributed by atoms with Crippen LogP contribution in [0.5, 0.6) is 0 Å². The number of rotatable bonds is 7. The van der Waals surface area contributed by atoms with Crippen molar-refractivity contribution in [3.63, 3.8) is 0 Å². The third kappa shape index (κ3) is 4.86. The van der Waals surface area contributed by atoms with Gasteiger partial charge in [-0.3, -0.25) is 9.89 Å². The number of amidine groups is 1. The number of hydrogen-bond acceptors (Lipinski definition) is 9. The lowest BCUT2D eigenvalue weighted by atomic mass is 9.92. The van der Waals surface area contributed by atoms with Gasteiger partial charge >= 0.3 is 5.97 Å². The van der Waals surface area contributed by atoms with Crippen molar-refractivity contribution in [3.8, 4) is 0 Å². The topological polar surface area (TPSA) is 130 Å². The quantitative estimate of drug-likeness (QED) is 0.489. The number of carbonyl (C=O) groups excluding carboxylic acids is 1. The fraction of sp³-hybridized carbons (Fsp3) is 0.458. The third-order valence-electron chi connectivity index (χ3n) is 7.25. The zero-order valence-electron chi connectivity index (χ0n) is 20.9. The first kappa shape index (κ1) is 26.8. The van der Waals surface area contributed by atoms with Gasteiger partial charge in [0.1, 0.15) is 17.5 Å². The van der Waals surface area contributed by atoms with E-state index in [2.05, 4.69) is 10.3 Å². The van der Waals surface area contributed by atoms with E-state index < -0.39 is 39.7 Å². The fourth-order valence-electron chi connectivity index (χ4n) is 5.34. The van der Waals surface area contributed by atoms with Gasteiger partial charge in [0.15, 0.2) is 10.8 Å². The van der Waals surface area contributed by atoms with E-state index in [-0.39, 0.29) is 38.2 Å². The highest BCUT2D eigenvalue weighted by molar-refractivity contribution is 7.86. The number of fused-ring (bicyclic) bond motifs is 1. The molecular weight excluding hydrogens is 538 g/mol. The number of hydrogen-bond donors (Lipinski definition) is 2. The molecule has 204 valence electrons. The Morgan fingerprint density at radius 3 is 2.87 bits per heavy atom. The van der Waals surface area contributed by atoms with Crippen molar-refractivity contribution in [1.82, 2.24) is 19.5 Å². The number of alkyl halides is 1. The van der Waals surface area contributed by atoms with E-state index in [0.717, 1.165) is 4.31 Å². The van der Waals surface area contributed by atoms with Crippen molar-refractivity contribution in [2.24, 2.45) is 10.1 Å². The second-order valence-electron chi connectivity index (χ2n) is 9.52. The van der Waals surface area contributed by atoms with Gasteiger partial charge in [-0.25, -0.2) is 23.7 Å². The molecule has 5 rings (SSSR count). The number of carbonyl (C=O) groups is 1. The zero-order chi connectivity index (χ0) is 27.2. The average Bonchev–Trinajstić information content (AvgIpc) is 3.57. The molecule has 14 heteroatoms. The van der Waals surface area contributed by atoms with Gasteiger partial charge in [0.25, 0.3) is 10.2 Å². The Kier molecular flexibility index (Phi) is 7.11. The molecule has 2 fully saturated rings. The Morgan fingerprint density at radius 2 is 2.18 bits per heavy atom. The normalized spacial score (nSPS) is 26.3. The van der Waals surface area contributed by atoms with Gasteiger partial charge < -0.3 is 10.1 Å². The Hall–Kier alpha value is -2.78. The number of nitrogens with two attached hydrogens (primary N) is 1. The zero-order valence-corrected chi connectivity index (χ0v) is 22.5. The molecule has 0 radical (unpaired) electrons. The number of aliphatic imine (C=N–C) groups is 1. The number of halogens is 2. The van der Waals surface area contributed by atoms with Gasteiger partial charge in [0.05, 0.1) is 24.8 Å². The Morgan fingerprint density at radius 1 is 1.39 bits per heavy atom. The SMILES string of the molecule is CCOC(=O)C1=C(CN2CCC3(F)CN(S(N)(=O)=O)CC23)NC(c2nccs2)=NC1c1cccc(F)c1C. The maximum Gasteiger partial charge on any atom is 0.338 e. The molecule has 3 atom stereocenters. The molecule has 4 heterocycles. The molecule has 3 N–H and O–H groups in total. The number of benzene rings is 1. The summed E-state index contributed by atoms with van der Waals surface area (Å²) < 4.78 is 60.6. The highest BCUT2D eigenvalue weighted by Gasteiger charge is 2.56. The van der Waals surface area contributed by atoms with Crippen molar-refractivity contribution in [3.05, 3.63) is 63.0 Å². The predicted octanol–water partition coefficient (Wildman–Crippen LogP) is 1.80. The van der Waals surface area contributed by atoms with Crippen LogP contribution in [0.4, 0.5) is 8.78 Å². The van der Waals surface area contributed by atoms with Crippen LogP contribution in [0.3, 0.4) is 0 Å². The van der Waals surface area contributed by atoms with E-state index in [1.165, 1.54) is 17.4 Å². The third-order valence-corrected chi connectivity index (χ3v) is 9.03. The van der Waals surface area contributed by atoms with Crippen LogP contribution in [0.1, 0.15) is 35.5 Å². The summed E-state index contributed by atoms with van der Waals surface area (Å²) >= 11 is 1.34. The first-order valence-electron chi connectivity index (χ1n) is 12.1. The number of nitrogens with zero attached hydrogens (tertiary/aromatic N) is 4. The van der Waals surface area contributed by atoms with Crippen LogP contribution >= 0.6 is 11.3 Å². The molecule has 0 saturated carbocycles. The van der Waals surface area contributed by atoms with Crippen LogP contribution in [0, 0.1) is 12.7 Å². The fourth-order valence-corrected chi connectivity index (χ4v) is 6.67. The molecule has 3 aliphatic heterocycles. The Bertz CT molecular complexity index is 1410. The van der Waals surface area contributed by atoms with Crippen LogP contribution in [0.2, 0.25) is 0 Å². The standard InChI is InChI=1S/C24H28F2N6O4S2/c1-3-36-23(33)19-17(11-31-9-7-24(26)13-32(12-18(24)31)38(27,34)35)29-21(22-28-8-10-37-22)30-20(19)15-5-4-6-16(25)14(15)2/h4-6,8,10,18,20H,3,7,9,11-13H2,1-2H3,(H,29,30)(H2,27,34,35). The average molecular weight is 567 g/mol. The van der Waals surface area contributed by atoms with Crippen molar-refractivity contribution in [1.29, 1.82) is 0 Å². The minimum Gasteiger partial charge on any atom is -0.463 e. The van der Waals surface area contributed by atoms with Crippen LogP contribution in [0.15, 0.2) is 46.0 Å². The summed E-state index contributed by atoms with van der Waals surface area (Å²) in [6, 6.07) is 2.94. The predicted molar refractivity (Wildman–Crippen MR) is 138 cm³/mol. The molecule has 10 nitrogen and oxygen atoms in total. The molecule has 1 aromatic carbocycles. The van der Waals surface area contributed by atoms with Crippen LogP contribution in [0.25, 0.3) is 0 Å². The Labute approximate surface area is 223 Å². The number of thiazole rings is 1. The molecule has 3 unspecified atom stereocenters. The van der Waals surface area contributed by atoms with Crippen molar-refractivity contribution in [2.75, 3.05) is 32.8 Å². The maximum atomic E-state index is 15.8. The number of nitrogens with one attached hydrogen (secondary N) is 1. The minimum atomic E-state index is -4.06. The van der Waals surface area contributed by atoms with Crippen LogP contribution in [-0.4, -0.2) is 78.9 Å². The molecule has 1 aromatic heterocycles. The summed E-state index contributed by atoms with van der Waals surface area (Å²) in [7, 11) is -4.06. The second kappa shape index (κ2) is 10.1. The van der Waals surface area contributed by atoms with Gasteiger partial charge in [-0.2, -0.15) is 12.7 Å². The molecule has 2 aromatic rings. The summed E-state index contributed by atoms with van der Waals surface area (Å²) in [5.41, 5.74) is -0.347.